The van der Waals surface area contributed by atoms with Crippen molar-refractivity contribution in [2.24, 2.45) is 5.73 Å². The number of nitrogens with two attached hydrogens (primary N) is 1. The molecule has 2 aromatic carbocycles. The van der Waals surface area contributed by atoms with E-state index in [0.29, 0.717) is 17.5 Å². The Bertz CT molecular complexity index is 1540. The topological polar surface area (TPSA) is 132 Å². The molecule has 1 atom stereocenters. The fraction of sp³-hybridized carbons (Fsp3) is 0.125. The van der Waals surface area contributed by atoms with Crippen molar-refractivity contribution in [1.29, 1.82) is 0 Å². The zero-order chi connectivity index (χ0) is 26.1. The molecular weight excluding hydrogens is 514 g/mol. The highest BCUT2D eigenvalue weighted by molar-refractivity contribution is 7.80. The van der Waals surface area contributed by atoms with Gasteiger partial charge in [-0.1, -0.05) is 24.6 Å². The summed E-state index contributed by atoms with van der Waals surface area (Å²) >= 11 is 3.18. The second-order valence-corrected chi connectivity index (χ2v) is 9.07. The number of aromatic nitrogens is 2. The van der Waals surface area contributed by atoms with E-state index in [9.17, 15) is 22.7 Å². The molecule has 2 aromatic heterocycles. The van der Waals surface area contributed by atoms with Crippen LogP contribution in [0.3, 0.4) is 0 Å². The highest BCUT2D eigenvalue weighted by Gasteiger charge is 2.26. The van der Waals surface area contributed by atoms with Gasteiger partial charge in [0.2, 0.25) is 11.7 Å². The number of carbonyl (C=O) groups excluding carboxylic acids is 2. The van der Waals surface area contributed by atoms with Gasteiger partial charge in [-0.15, -0.1) is 0 Å². The average molecular weight is 532 g/mol. The number of anilines is 1. The number of hydrogen-bond donors (Lipinski definition) is 2. The van der Waals surface area contributed by atoms with Crippen LogP contribution in [0.4, 0.5) is 14.5 Å². The van der Waals surface area contributed by atoms with Crippen LogP contribution in [0.2, 0.25) is 5.02 Å². The number of benzene rings is 2. The molecule has 0 aliphatic carbocycles. The van der Waals surface area contributed by atoms with Crippen LogP contribution in [0.15, 0.2) is 48.8 Å². The first-order valence-electron chi connectivity index (χ1n) is 10.6. The largest absolute Gasteiger partial charge is 0.755 e. The molecule has 0 saturated heterocycles. The number of amides is 1. The van der Waals surface area contributed by atoms with Crippen LogP contribution in [0.1, 0.15) is 39.6 Å². The Hall–Kier alpha value is -3.67. The Balaban J connectivity index is 1.83. The van der Waals surface area contributed by atoms with Crippen LogP contribution in [-0.2, 0) is 11.3 Å². The summed E-state index contributed by atoms with van der Waals surface area (Å²) in [5, 5.41) is 0.426. The van der Waals surface area contributed by atoms with Crippen LogP contribution in [-0.4, -0.2) is 37.0 Å². The molecule has 1 amide bonds. The lowest BCUT2D eigenvalue weighted by atomic mass is 9.99. The average Bonchev–Trinajstić information content (AvgIpc) is 3.26. The van der Waals surface area contributed by atoms with Crippen molar-refractivity contribution in [3.63, 3.8) is 0 Å². The highest BCUT2D eigenvalue weighted by Crippen LogP contribution is 2.32. The van der Waals surface area contributed by atoms with E-state index >= 15 is 4.39 Å². The van der Waals surface area contributed by atoms with Crippen molar-refractivity contribution in [2.45, 2.75) is 13.3 Å². The van der Waals surface area contributed by atoms with Gasteiger partial charge in [0.15, 0.2) is 5.82 Å². The molecule has 1 unspecified atom stereocenters. The van der Waals surface area contributed by atoms with Crippen LogP contribution >= 0.6 is 11.6 Å². The third-order valence-corrected chi connectivity index (χ3v) is 6.58. The smallest absolute Gasteiger partial charge is 0.250 e. The zero-order valence-corrected chi connectivity index (χ0v) is 20.3. The Morgan fingerprint density at radius 2 is 1.92 bits per heavy atom. The number of ketones is 1. The van der Waals surface area contributed by atoms with Crippen molar-refractivity contribution in [3.05, 3.63) is 82.1 Å². The van der Waals surface area contributed by atoms with Gasteiger partial charge >= 0.3 is 0 Å². The summed E-state index contributed by atoms with van der Waals surface area (Å²) in [6, 6.07) is 7.96. The first-order chi connectivity index (χ1) is 17.1. The summed E-state index contributed by atoms with van der Waals surface area (Å²) in [5.74, 6) is -4.16. The van der Waals surface area contributed by atoms with Gasteiger partial charge in [0.25, 0.3) is 0 Å². The van der Waals surface area contributed by atoms with E-state index in [4.69, 9.17) is 17.3 Å². The Morgan fingerprint density at radius 1 is 1.17 bits per heavy atom. The summed E-state index contributed by atoms with van der Waals surface area (Å²) < 4.78 is 54.0. The monoisotopic (exact) mass is 531 g/mol. The zero-order valence-electron chi connectivity index (χ0n) is 18.7. The third-order valence-electron chi connectivity index (χ3n) is 5.51. The van der Waals surface area contributed by atoms with Crippen LogP contribution in [0, 0.1) is 11.6 Å². The second-order valence-electron chi connectivity index (χ2n) is 7.79. The van der Waals surface area contributed by atoms with Gasteiger partial charge < -0.3 is 15.3 Å². The summed E-state index contributed by atoms with van der Waals surface area (Å²) in [5.41, 5.74) is 5.32. The molecule has 0 bridgehead atoms. The molecule has 0 saturated carbocycles. The number of nitrogens with zero attached hydrogens (tertiary/aromatic N) is 2. The molecule has 0 aliphatic rings. The molecule has 3 N–H and O–H groups in total. The lowest BCUT2D eigenvalue weighted by Crippen LogP contribution is -2.28. The minimum atomic E-state index is -2.83. The van der Waals surface area contributed by atoms with Crippen LogP contribution < -0.4 is 10.0 Å². The number of carbonyl (C=O) groups is 2. The lowest BCUT2D eigenvalue weighted by Gasteiger charge is -2.26. The standard InChI is InChI=1S/C24H19ClF2N4O4S/c1-2-7-31(36(34)35)19-6-5-18(26)20(21(19)27)22(32)16-11-30-24-14(16)9-13(10-29-24)12-3-4-17(25)15(8-12)23(28)33/h3-6,8-11H,2,7H2,1H3,(H2,28,33)(H,29,30)(H,34,35)/p-1. The van der Waals surface area contributed by atoms with E-state index in [1.807, 2.05) is 0 Å². The maximum atomic E-state index is 15.4. The van der Waals surface area contributed by atoms with Crippen LogP contribution in [0.25, 0.3) is 22.2 Å². The second kappa shape index (κ2) is 10.1. The fourth-order valence-electron chi connectivity index (χ4n) is 3.80. The number of H-pyrrole nitrogens is 1. The number of halogens is 3. The van der Waals surface area contributed by atoms with Gasteiger partial charge in [0.1, 0.15) is 11.5 Å². The lowest BCUT2D eigenvalue weighted by molar-refractivity contribution is 0.0998. The Kier molecular flexibility index (Phi) is 7.16. The molecular formula is C24H18ClF2N4O4S-. The van der Waals surface area contributed by atoms with E-state index in [-0.39, 0.29) is 33.7 Å². The van der Waals surface area contributed by atoms with E-state index in [2.05, 4.69) is 9.97 Å². The first kappa shape index (κ1) is 25.4. The molecule has 4 rings (SSSR count). The predicted octanol–water partition coefficient (Wildman–Crippen LogP) is 4.50. The quantitative estimate of drug-likeness (QED) is 0.255. The maximum Gasteiger partial charge on any atom is 0.250 e. The van der Waals surface area contributed by atoms with Crippen molar-refractivity contribution in [1.82, 2.24) is 9.97 Å². The highest BCUT2D eigenvalue weighted by atomic mass is 35.5. The Morgan fingerprint density at radius 3 is 2.58 bits per heavy atom. The van der Waals surface area contributed by atoms with E-state index in [1.54, 1.807) is 19.1 Å². The molecule has 0 aliphatic heterocycles. The van der Waals surface area contributed by atoms with E-state index in [1.165, 1.54) is 24.5 Å². The molecule has 186 valence electrons. The summed E-state index contributed by atoms with van der Waals surface area (Å²) in [7, 11) is 0. The minimum Gasteiger partial charge on any atom is -0.755 e. The summed E-state index contributed by atoms with van der Waals surface area (Å²) in [6.07, 6.45) is 3.11. The number of hydrogen-bond acceptors (Lipinski definition) is 5. The van der Waals surface area contributed by atoms with Gasteiger partial charge in [-0.05, 0) is 42.3 Å². The van der Waals surface area contributed by atoms with Gasteiger partial charge in [0, 0.05) is 46.7 Å². The third kappa shape index (κ3) is 4.60. The van der Waals surface area contributed by atoms with Crippen molar-refractivity contribution in [3.8, 4) is 11.1 Å². The number of primary amides is 1. The predicted molar refractivity (Wildman–Crippen MR) is 131 cm³/mol. The molecule has 0 spiro atoms. The Labute approximate surface area is 211 Å². The maximum absolute atomic E-state index is 15.4. The minimum absolute atomic E-state index is 0.0545. The molecule has 0 radical (unpaired) electrons. The molecule has 8 nitrogen and oxygen atoms in total. The van der Waals surface area contributed by atoms with Gasteiger partial charge in [-0.3, -0.25) is 18.1 Å². The SMILES string of the molecule is CCCN(c1ccc(F)c(C(=O)c2c[nH]c3ncc(-c4ccc(Cl)c(C(N)=O)c4)cc23)c1F)S(=O)[O-]. The summed E-state index contributed by atoms with van der Waals surface area (Å²) in [4.78, 5) is 32.0. The first-order valence-corrected chi connectivity index (χ1v) is 12.0. The van der Waals surface area contributed by atoms with Crippen molar-refractivity contribution < 1.29 is 27.1 Å². The van der Waals surface area contributed by atoms with E-state index < -0.39 is 45.8 Å². The number of nitrogens with one attached hydrogen (secondary N) is 1. The summed E-state index contributed by atoms with van der Waals surface area (Å²) in [6.45, 7) is 1.64. The van der Waals surface area contributed by atoms with Gasteiger partial charge in [-0.25, -0.2) is 13.8 Å². The molecule has 2 heterocycles. The van der Waals surface area contributed by atoms with Gasteiger partial charge in [0.05, 0.1) is 21.8 Å². The molecule has 0 fully saturated rings. The van der Waals surface area contributed by atoms with Crippen LogP contribution in [0.5, 0.6) is 0 Å². The number of pyridine rings is 1. The van der Waals surface area contributed by atoms with E-state index in [0.717, 1.165) is 16.4 Å². The number of aromatic amines is 1. The van der Waals surface area contributed by atoms with Crippen molar-refractivity contribution >= 4 is 51.3 Å². The molecule has 36 heavy (non-hydrogen) atoms. The molecule has 12 heteroatoms. The molecule has 4 aromatic rings. The normalized spacial score (nSPS) is 12.0. The number of fused-ring (bicyclic) bond motifs is 1. The van der Waals surface area contributed by atoms with Crippen molar-refractivity contribution in [2.75, 3.05) is 10.8 Å². The number of rotatable bonds is 8. The fourth-order valence-corrected chi connectivity index (χ4v) is 4.64. The van der Waals surface area contributed by atoms with Gasteiger partial charge in [-0.2, -0.15) is 0 Å².